The third-order valence-corrected chi connectivity index (χ3v) is 4.56. The van der Waals surface area contributed by atoms with Crippen LogP contribution in [0.3, 0.4) is 0 Å². The maximum atomic E-state index is 4.16. The van der Waals surface area contributed by atoms with Crippen LogP contribution in [-0.4, -0.2) is 34.5 Å². The molecule has 2 rings (SSSR count). The van der Waals surface area contributed by atoms with Crippen molar-refractivity contribution in [3.05, 3.63) is 30.1 Å². The number of pyridine rings is 1. The maximum absolute atomic E-state index is 4.16. The summed E-state index contributed by atoms with van der Waals surface area (Å²) in [7, 11) is 2.24. The van der Waals surface area contributed by atoms with Crippen LogP contribution in [0.25, 0.3) is 0 Å². The van der Waals surface area contributed by atoms with Gasteiger partial charge < -0.3 is 0 Å². The first-order valence-electron chi connectivity index (χ1n) is 5.91. The van der Waals surface area contributed by atoms with Crippen LogP contribution in [0.15, 0.2) is 24.5 Å². The summed E-state index contributed by atoms with van der Waals surface area (Å²) in [5, 5.41) is 0.876. The van der Waals surface area contributed by atoms with Crippen molar-refractivity contribution in [1.82, 2.24) is 9.88 Å². The van der Waals surface area contributed by atoms with E-state index >= 15 is 0 Å². The lowest BCUT2D eigenvalue weighted by Crippen LogP contribution is -2.29. The van der Waals surface area contributed by atoms with E-state index in [4.69, 9.17) is 0 Å². The SMILES string of the molecule is CS[C@H]1CC[C@H](N(C)Cc2cccnc2)C1. The fourth-order valence-electron chi connectivity index (χ4n) is 2.44. The summed E-state index contributed by atoms with van der Waals surface area (Å²) >= 11 is 2.02. The van der Waals surface area contributed by atoms with Crippen molar-refractivity contribution < 1.29 is 0 Å². The first kappa shape index (κ1) is 11.9. The van der Waals surface area contributed by atoms with Crippen LogP contribution < -0.4 is 0 Å². The van der Waals surface area contributed by atoms with Gasteiger partial charge in [-0.15, -0.1) is 0 Å². The second-order valence-corrected chi connectivity index (χ2v) is 5.74. The summed E-state index contributed by atoms with van der Waals surface area (Å²) in [4.78, 5) is 6.64. The highest BCUT2D eigenvalue weighted by molar-refractivity contribution is 7.99. The lowest BCUT2D eigenvalue weighted by atomic mass is 10.2. The van der Waals surface area contributed by atoms with Gasteiger partial charge in [0.1, 0.15) is 0 Å². The highest BCUT2D eigenvalue weighted by Gasteiger charge is 2.26. The molecular weight excluding hydrogens is 216 g/mol. The molecule has 1 aliphatic rings. The molecule has 0 amide bonds. The summed E-state index contributed by atoms with van der Waals surface area (Å²) in [5.74, 6) is 0. The van der Waals surface area contributed by atoms with Gasteiger partial charge in [-0.25, -0.2) is 0 Å². The van der Waals surface area contributed by atoms with E-state index in [0.29, 0.717) is 0 Å². The molecule has 0 N–H and O–H groups in total. The molecule has 1 aromatic rings. The number of rotatable bonds is 4. The average Bonchev–Trinajstić information content (AvgIpc) is 2.79. The van der Waals surface area contributed by atoms with E-state index in [2.05, 4.69) is 29.3 Å². The van der Waals surface area contributed by atoms with Crippen LogP contribution >= 0.6 is 11.8 Å². The molecule has 0 aliphatic heterocycles. The van der Waals surface area contributed by atoms with Crippen molar-refractivity contribution in [1.29, 1.82) is 0 Å². The van der Waals surface area contributed by atoms with E-state index < -0.39 is 0 Å². The Bertz CT molecular complexity index is 315. The Morgan fingerprint density at radius 1 is 1.50 bits per heavy atom. The third-order valence-electron chi connectivity index (χ3n) is 3.47. The van der Waals surface area contributed by atoms with Gasteiger partial charge in [0, 0.05) is 30.2 Å². The largest absolute Gasteiger partial charge is 0.299 e. The van der Waals surface area contributed by atoms with Crippen molar-refractivity contribution >= 4 is 11.8 Å². The molecule has 16 heavy (non-hydrogen) atoms. The summed E-state index contributed by atoms with van der Waals surface area (Å²) in [5.41, 5.74) is 1.32. The van der Waals surface area contributed by atoms with Gasteiger partial charge in [-0.2, -0.15) is 11.8 Å². The summed E-state index contributed by atoms with van der Waals surface area (Å²) in [6.45, 7) is 1.03. The van der Waals surface area contributed by atoms with Crippen molar-refractivity contribution in [2.75, 3.05) is 13.3 Å². The second kappa shape index (κ2) is 5.69. The summed E-state index contributed by atoms with van der Waals surface area (Å²) < 4.78 is 0. The molecule has 0 bridgehead atoms. The molecule has 0 saturated heterocycles. The molecule has 88 valence electrons. The van der Waals surface area contributed by atoms with E-state index in [0.717, 1.165) is 17.8 Å². The Balaban J connectivity index is 1.87. The molecule has 1 heterocycles. The van der Waals surface area contributed by atoms with Crippen LogP contribution in [0.4, 0.5) is 0 Å². The molecule has 1 fully saturated rings. The Kier molecular flexibility index (Phi) is 4.24. The Labute approximate surface area is 102 Å². The first-order valence-corrected chi connectivity index (χ1v) is 7.20. The summed E-state index contributed by atoms with van der Waals surface area (Å²) in [6, 6.07) is 4.94. The predicted octanol–water partition coefficient (Wildman–Crippen LogP) is 2.80. The van der Waals surface area contributed by atoms with Crippen molar-refractivity contribution in [2.45, 2.75) is 37.1 Å². The average molecular weight is 236 g/mol. The number of hydrogen-bond donors (Lipinski definition) is 0. The zero-order chi connectivity index (χ0) is 11.4. The van der Waals surface area contributed by atoms with Gasteiger partial charge in [-0.1, -0.05) is 6.07 Å². The fraction of sp³-hybridized carbons (Fsp3) is 0.615. The zero-order valence-corrected chi connectivity index (χ0v) is 10.9. The minimum absolute atomic E-state index is 0.762. The molecule has 1 saturated carbocycles. The molecule has 0 aromatic carbocycles. The molecule has 0 unspecified atom stereocenters. The number of nitrogens with zero attached hydrogens (tertiary/aromatic N) is 2. The predicted molar refractivity (Wildman–Crippen MR) is 70.6 cm³/mol. The highest BCUT2D eigenvalue weighted by atomic mass is 32.2. The van der Waals surface area contributed by atoms with Crippen LogP contribution in [0.2, 0.25) is 0 Å². The molecule has 0 spiro atoms. The molecular formula is C13H20N2S. The van der Waals surface area contributed by atoms with Gasteiger partial charge in [-0.3, -0.25) is 9.88 Å². The molecule has 1 aromatic heterocycles. The highest BCUT2D eigenvalue weighted by Crippen LogP contribution is 2.31. The lowest BCUT2D eigenvalue weighted by molar-refractivity contribution is 0.237. The van der Waals surface area contributed by atoms with Crippen molar-refractivity contribution in [3.63, 3.8) is 0 Å². The maximum Gasteiger partial charge on any atom is 0.0312 e. The third kappa shape index (κ3) is 2.98. The Hall–Kier alpha value is -0.540. The summed E-state index contributed by atoms with van der Waals surface area (Å²) in [6.07, 6.45) is 10.1. The van der Waals surface area contributed by atoms with E-state index in [1.807, 2.05) is 30.2 Å². The van der Waals surface area contributed by atoms with Gasteiger partial charge in [0.05, 0.1) is 0 Å². The van der Waals surface area contributed by atoms with Gasteiger partial charge in [0.2, 0.25) is 0 Å². The minimum atomic E-state index is 0.762. The van der Waals surface area contributed by atoms with E-state index in [-0.39, 0.29) is 0 Å². The first-order chi connectivity index (χ1) is 7.79. The van der Waals surface area contributed by atoms with Gasteiger partial charge in [0.25, 0.3) is 0 Å². The number of aromatic nitrogens is 1. The number of hydrogen-bond acceptors (Lipinski definition) is 3. The molecule has 2 nitrogen and oxygen atoms in total. The van der Waals surface area contributed by atoms with Crippen molar-refractivity contribution in [2.24, 2.45) is 0 Å². The number of thioether (sulfide) groups is 1. The minimum Gasteiger partial charge on any atom is -0.299 e. The van der Waals surface area contributed by atoms with Crippen molar-refractivity contribution in [3.8, 4) is 0 Å². The van der Waals surface area contributed by atoms with E-state index in [1.54, 1.807) is 0 Å². The molecule has 1 aliphatic carbocycles. The van der Waals surface area contributed by atoms with E-state index in [1.165, 1.54) is 24.8 Å². The molecule has 2 atom stereocenters. The Morgan fingerprint density at radius 3 is 3.00 bits per heavy atom. The second-order valence-electron chi connectivity index (χ2n) is 4.60. The normalized spacial score (nSPS) is 25.2. The topological polar surface area (TPSA) is 16.1 Å². The van der Waals surface area contributed by atoms with Crippen LogP contribution in [0, 0.1) is 0 Å². The quantitative estimate of drug-likeness (QED) is 0.799. The lowest BCUT2D eigenvalue weighted by Gasteiger charge is -2.24. The molecule has 0 radical (unpaired) electrons. The van der Waals surface area contributed by atoms with Crippen LogP contribution in [-0.2, 0) is 6.54 Å². The van der Waals surface area contributed by atoms with Crippen LogP contribution in [0.5, 0.6) is 0 Å². The van der Waals surface area contributed by atoms with Gasteiger partial charge in [0.15, 0.2) is 0 Å². The monoisotopic (exact) mass is 236 g/mol. The zero-order valence-electron chi connectivity index (χ0n) is 10.1. The van der Waals surface area contributed by atoms with Crippen LogP contribution in [0.1, 0.15) is 24.8 Å². The van der Waals surface area contributed by atoms with Gasteiger partial charge >= 0.3 is 0 Å². The smallest absolute Gasteiger partial charge is 0.0312 e. The van der Waals surface area contributed by atoms with Gasteiger partial charge in [-0.05, 0) is 44.2 Å². The molecule has 3 heteroatoms. The Morgan fingerprint density at radius 2 is 2.38 bits per heavy atom. The standard InChI is InChI=1S/C13H20N2S/c1-15(10-11-4-3-7-14-9-11)12-5-6-13(8-12)16-2/h3-4,7,9,12-13H,5-6,8,10H2,1-2H3/t12-,13-/m0/s1. The van der Waals surface area contributed by atoms with E-state index in [9.17, 15) is 0 Å². The fourth-order valence-corrected chi connectivity index (χ4v) is 3.23.